The van der Waals surface area contributed by atoms with Crippen LogP contribution in [0, 0.1) is 5.92 Å². The highest BCUT2D eigenvalue weighted by atomic mass is 35.5. The zero-order valence-electron chi connectivity index (χ0n) is 14.8. The maximum atomic E-state index is 12.8. The predicted molar refractivity (Wildman–Crippen MR) is 109 cm³/mol. The molecule has 6 heteroatoms. The molecular formula is C20H26Cl2N2O2. The second-order valence-electron chi connectivity index (χ2n) is 6.12. The first kappa shape index (κ1) is 22.3. The van der Waals surface area contributed by atoms with Crippen LogP contribution in [-0.4, -0.2) is 19.6 Å². The van der Waals surface area contributed by atoms with Crippen LogP contribution in [0.15, 0.2) is 54.6 Å². The SMILES string of the molecule is COc1ccccc1CNC(=O)C1CCCNC1c1ccccc1.Cl.Cl. The van der Waals surface area contributed by atoms with Gasteiger partial charge in [0, 0.05) is 18.2 Å². The number of carbonyl (C=O) groups excluding carboxylic acids is 1. The largest absolute Gasteiger partial charge is 0.496 e. The molecule has 0 aliphatic carbocycles. The molecule has 0 bridgehead atoms. The van der Waals surface area contributed by atoms with E-state index in [4.69, 9.17) is 4.74 Å². The Labute approximate surface area is 167 Å². The van der Waals surface area contributed by atoms with Crippen LogP contribution in [0.3, 0.4) is 0 Å². The number of hydrogen-bond acceptors (Lipinski definition) is 3. The Morgan fingerprint density at radius 2 is 1.81 bits per heavy atom. The fourth-order valence-corrected chi connectivity index (χ4v) is 3.34. The summed E-state index contributed by atoms with van der Waals surface area (Å²) < 4.78 is 5.35. The van der Waals surface area contributed by atoms with Crippen LogP contribution in [-0.2, 0) is 11.3 Å². The number of halogens is 2. The standard InChI is InChI=1S/C20H24N2O2.2ClH/c1-24-18-12-6-5-10-16(18)14-22-20(23)17-11-7-13-21-19(17)15-8-3-2-4-9-15;;/h2-6,8-10,12,17,19,21H,7,11,13-14H2,1H3,(H,22,23);2*1H. The summed E-state index contributed by atoms with van der Waals surface area (Å²) in [5, 5.41) is 6.59. The van der Waals surface area contributed by atoms with E-state index in [1.54, 1.807) is 7.11 Å². The summed E-state index contributed by atoms with van der Waals surface area (Å²) in [5.41, 5.74) is 2.17. The first-order valence-electron chi connectivity index (χ1n) is 8.47. The molecule has 2 atom stereocenters. The molecule has 0 spiro atoms. The van der Waals surface area contributed by atoms with E-state index >= 15 is 0 Å². The summed E-state index contributed by atoms with van der Waals surface area (Å²) in [6.45, 7) is 1.44. The van der Waals surface area contributed by atoms with Gasteiger partial charge in [-0.1, -0.05) is 48.5 Å². The fourth-order valence-electron chi connectivity index (χ4n) is 3.34. The number of piperidine rings is 1. The van der Waals surface area contributed by atoms with Gasteiger partial charge in [-0.2, -0.15) is 0 Å². The number of ether oxygens (including phenoxy) is 1. The number of carbonyl (C=O) groups is 1. The van der Waals surface area contributed by atoms with E-state index in [1.807, 2.05) is 42.5 Å². The molecule has 2 aromatic rings. The van der Waals surface area contributed by atoms with E-state index in [1.165, 1.54) is 5.56 Å². The van der Waals surface area contributed by atoms with Crippen LogP contribution < -0.4 is 15.4 Å². The van der Waals surface area contributed by atoms with E-state index < -0.39 is 0 Å². The van der Waals surface area contributed by atoms with Crippen LogP contribution in [0.4, 0.5) is 0 Å². The Bertz CT molecular complexity index is 683. The van der Waals surface area contributed by atoms with Crippen molar-refractivity contribution in [3.63, 3.8) is 0 Å². The molecule has 1 saturated heterocycles. The quantitative estimate of drug-likeness (QED) is 0.805. The van der Waals surface area contributed by atoms with Gasteiger partial charge >= 0.3 is 0 Å². The molecule has 4 nitrogen and oxygen atoms in total. The molecule has 2 N–H and O–H groups in total. The molecule has 0 saturated carbocycles. The lowest BCUT2D eigenvalue weighted by Crippen LogP contribution is -2.42. The fraction of sp³-hybridized carbons (Fsp3) is 0.350. The minimum atomic E-state index is -0.0455. The van der Waals surface area contributed by atoms with Crippen molar-refractivity contribution in [2.75, 3.05) is 13.7 Å². The second-order valence-corrected chi connectivity index (χ2v) is 6.12. The lowest BCUT2D eigenvalue weighted by Gasteiger charge is -2.32. The van der Waals surface area contributed by atoms with Crippen LogP contribution in [0.2, 0.25) is 0 Å². The molecule has 0 radical (unpaired) electrons. The zero-order valence-corrected chi connectivity index (χ0v) is 16.4. The van der Waals surface area contributed by atoms with E-state index in [0.717, 1.165) is 30.7 Å². The van der Waals surface area contributed by atoms with Crippen molar-refractivity contribution >= 4 is 30.7 Å². The van der Waals surface area contributed by atoms with Gasteiger partial charge in [-0.05, 0) is 31.0 Å². The highest BCUT2D eigenvalue weighted by molar-refractivity contribution is 5.85. The van der Waals surface area contributed by atoms with Crippen molar-refractivity contribution in [3.8, 4) is 5.75 Å². The molecule has 2 aromatic carbocycles. The molecule has 1 amide bonds. The number of benzene rings is 2. The summed E-state index contributed by atoms with van der Waals surface area (Å²) >= 11 is 0. The van der Waals surface area contributed by atoms with Gasteiger partial charge in [0.05, 0.1) is 13.0 Å². The smallest absolute Gasteiger partial charge is 0.225 e. The first-order valence-corrected chi connectivity index (χ1v) is 8.47. The molecule has 1 fully saturated rings. The summed E-state index contributed by atoms with van der Waals surface area (Å²) in [6.07, 6.45) is 1.93. The van der Waals surface area contributed by atoms with Gasteiger partial charge in [-0.15, -0.1) is 24.8 Å². The normalized spacial score (nSPS) is 18.8. The van der Waals surface area contributed by atoms with Crippen molar-refractivity contribution in [1.82, 2.24) is 10.6 Å². The van der Waals surface area contributed by atoms with E-state index in [-0.39, 0.29) is 42.7 Å². The van der Waals surface area contributed by atoms with Crippen LogP contribution in [0.25, 0.3) is 0 Å². The number of nitrogens with one attached hydrogen (secondary N) is 2. The topological polar surface area (TPSA) is 50.4 Å². The number of amides is 1. The monoisotopic (exact) mass is 396 g/mol. The lowest BCUT2D eigenvalue weighted by atomic mass is 9.85. The average molecular weight is 397 g/mol. The number of hydrogen-bond donors (Lipinski definition) is 2. The molecule has 0 aromatic heterocycles. The predicted octanol–water partition coefficient (Wildman–Crippen LogP) is 3.90. The van der Waals surface area contributed by atoms with Crippen molar-refractivity contribution in [2.45, 2.75) is 25.4 Å². The van der Waals surface area contributed by atoms with Gasteiger partial charge in [0.1, 0.15) is 5.75 Å². The van der Waals surface area contributed by atoms with E-state index in [2.05, 4.69) is 22.8 Å². The maximum absolute atomic E-state index is 12.8. The van der Waals surface area contributed by atoms with Crippen molar-refractivity contribution < 1.29 is 9.53 Å². The number of para-hydroxylation sites is 1. The Balaban J connectivity index is 0.00000169. The van der Waals surface area contributed by atoms with Gasteiger partial charge in [-0.3, -0.25) is 4.79 Å². The van der Waals surface area contributed by atoms with Crippen LogP contribution >= 0.6 is 24.8 Å². The molecule has 142 valence electrons. The third-order valence-corrected chi connectivity index (χ3v) is 4.60. The molecule has 1 aliphatic rings. The summed E-state index contributed by atoms with van der Waals surface area (Å²) in [7, 11) is 1.65. The summed E-state index contributed by atoms with van der Waals surface area (Å²) in [6, 6.07) is 18.1. The van der Waals surface area contributed by atoms with Crippen LogP contribution in [0.1, 0.15) is 30.0 Å². The van der Waals surface area contributed by atoms with Crippen LogP contribution in [0.5, 0.6) is 5.75 Å². The Morgan fingerprint density at radius 3 is 2.54 bits per heavy atom. The van der Waals surface area contributed by atoms with Gasteiger partial charge < -0.3 is 15.4 Å². The Kier molecular flexibility index (Phi) is 9.49. The third-order valence-electron chi connectivity index (χ3n) is 4.60. The molecule has 1 heterocycles. The van der Waals surface area contributed by atoms with Gasteiger partial charge in [-0.25, -0.2) is 0 Å². The van der Waals surface area contributed by atoms with Crippen molar-refractivity contribution in [2.24, 2.45) is 5.92 Å². The molecule has 3 rings (SSSR count). The maximum Gasteiger partial charge on any atom is 0.225 e. The first-order chi connectivity index (χ1) is 11.8. The molecule has 2 unspecified atom stereocenters. The van der Waals surface area contributed by atoms with E-state index in [0.29, 0.717) is 6.54 Å². The highest BCUT2D eigenvalue weighted by Gasteiger charge is 2.31. The number of rotatable bonds is 5. The molecular weight excluding hydrogens is 371 g/mol. The minimum Gasteiger partial charge on any atom is -0.496 e. The summed E-state index contributed by atoms with van der Waals surface area (Å²) in [5.74, 6) is 0.858. The molecule has 26 heavy (non-hydrogen) atoms. The van der Waals surface area contributed by atoms with Gasteiger partial charge in [0.2, 0.25) is 5.91 Å². The Morgan fingerprint density at radius 1 is 1.12 bits per heavy atom. The third kappa shape index (κ3) is 5.37. The van der Waals surface area contributed by atoms with E-state index in [9.17, 15) is 4.79 Å². The van der Waals surface area contributed by atoms with Gasteiger partial charge in [0.25, 0.3) is 0 Å². The summed E-state index contributed by atoms with van der Waals surface area (Å²) in [4.78, 5) is 12.8. The number of methoxy groups -OCH3 is 1. The lowest BCUT2D eigenvalue weighted by molar-refractivity contribution is -0.127. The van der Waals surface area contributed by atoms with Crippen molar-refractivity contribution in [1.29, 1.82) is 0 Å². The molecule has 1 aliphatic heterocycles. The Hall–Kier alpha value is -1.75. The highest BCUT2D eigenvalue weighted by Crippen LogP contribution is 2.29. The zero-order chi connectivity index (χ0) is 16.8. The van der Waals surface area contributed by atoms with Crippen molar-refractivity contribution in [3.05, 3.63) is 65.7 Å². The second kappa shape index (κ2) is 11.1. The van der Waals surface area contributed by atoms with Gasteiger partial charge in [0.15, 0.2) is 0 Å². The minimum absolute atomic E-state index is 0. The average Bonchev–Trinajstić information content (AvgIpc) is 2.67.